The van der Waals surface area contributed by atoms with Gasteiger partial charge in [-0.25, -0.2) is 4.99 Å². The molecule has 0 radical (unpaired) electrons. The molecule has 0 spiro atoms. The van der Waals surface area contributed by atoms with Crippen LogP contribution in [0.5, 0.6) is 5.75 Å². The van der Waals surface area contributed by atoms with Gasteiger partial charge >= 0.3 is 0 Å². The van der Waals surface area contributed by atoms with Gasteiger partial charge in [-0.05, 0) is 42.2 Å². The molecule has 0 bridgehead atoms. The SMILES string of the molecule is C=CCn1cc(/C=c2/sc3n(c2=O)[C@H](c2ccccc2OC)C2=C(N=3)c3ccccc3CC2)c2ccccc21. The first-order chi connectivity index (χ1) is 19.2. The van der Waals surface area contributed by atoms with E-state index in [2.05, 4.69) is 59.8 Å². The quantitative estimate of drug-likeness (QED) is 0.284. The Hall–Kier alpha value is -4.42. The monoisotopic (exact) mass is 529 g/mol. The van der Waals surface area contributed by atoms with Crippen LogP contribution in [-0.2, 0) is 13.0 Å². The minimum Gasteiger partial charge on any atom is -0.496 e. The van der Waals surface area contributed by atoms with Gasteiger partial charge in [0.15, 0.2) is 4.80 Å². The van der Waals surface area contributed by atoms with E-state index in [9.17, 15) is 4.79 Å². The highest BCUT2D eigenvalue weighted by molar-refractivity contribution is 7.07. The van der Waals surface area contributed by atoms with Crippen molar-refractivity contribution in [2.24, 2.45) is 4.99 Å². The number of hydrogen-bond acceptors (Lipinski definition) is 4. The molecule has 5 nitrogen and oxygen atoms in total. The van der Waals surface area contributed by atoms with Crippen LogP contribution in [0.4, 0.5) is 0 Å². The second-order valence-electron chi connectivity index (χ2n) is 9.90. The van der Waals surface area contributed by atoms with Gasteiger partial charge in [0.2, 0.25) is 0 Å². The van der Waals surface area contributed by atoms with Crippen LogP contribution in [-0.4, -0.2) is 16.2 Å². The maximum Gasteiger partial charge on any atom is 0.271 e. The predicted octanol–water partition coefficient (Wildman–Crippen LogP) is 5.47. The lowest BCUT2D eigenvalue weighted by Crippen LogP contribution is -2.38. The van der Waals surface area contributed by atoms with E-state index in [0.29, 0.717) is 15.9 Å². The Bertz CT molecular complexity index is 1990. The topological polar surface area (TPSA) is 48.5 Å². The molecule has 3 aromatic carbocycles. The van der Waals surface area contributed by atoms with Crippen LogP contribution in [0, 0.1) is 0 Å². The number of aryl methyl sites for hydroxylation is 1. The summed E-state index contributed by atoms with van der Waals surface area (Å²) in [5.74, 6) is 0.775. The van der Waals surface area contributed by atoms with Crippen molar-refractivity contribution in [2.75, 3.05) is 7.11 Å². The molecule has 3 heterocycles. The molecule has 192 valence electrons. The number of thiazole rings is 1. The fourth-order valence-electron chi connectivity index (χ4n) is 6.01. The van der Waals surface area contributed by atoms with E-state index in [1.807, 2.05) is 47.1 Å². The zero-order chi connectivity index (χ0) is 26.5. The minimum atomic E-state index is -0.273. The largest absolute Gasteiger partial charge is 0.496 e. The van der Waals surface area contributed by atoms with Gasteiger partial charge in [-0.15, -0.1) is 6.58 Å². The summed E-state index contributed by atoms with van der Waals surface area (Å²) < 4.78 is 10.5. The van der Waals surface area contributed by atoms with E-state index >= 15 is 0 Å². The zero-order valence-corrected chi connectivity index (χ0v) is 22.4. The number of allylic oxidation sites excluding steroid dienone is 2. The van der Waals surface area contributed by atoms with Crippen LogP contribution in [0.2, 0.25) is 0 Å². The van der Waals surface area contributed by atoms with E-state index in [4.69, 9.17) is 9.73 Å². The summed E-state index contributed by atoms with van der Waals surface area (Å²) in [5, 5.41) is 1.11. The third-order valence-electron chi connectivity index (χ3n) is 7.74. The van der Waals surface area contributed by atoms with Gasteiger partial charge in [0, 0.05) is 40.3 Å². The molecule has 2 aliphatic rings. The Morgan fingerprint density at radius 1 is 1.05 bits per heavy atom. The number of rotatable bonds is 5. The van der Waals surface area contributed by atoms with Crippen molar-refractivity contribution < 1.29 is 4.74 Å². The second kappa shape index (κ2) is 9.40. The smallest absolute Gasteiger partial charge is 0.271 e. The molecule has 0 saturated heterocycles. The molecule has 0 unspecified atom stereocenters. The molecule has 1 aliphatic carbocycles. The summed E-state index contributed by atoms with van der Waals surface area (Å²) in [6.45, 7) is 4.61. The molecule has 6 heteroatoms. The first-order valence-corrected chi connectivity index (χ1v) is 13.9. The lowest BCUT2D eigenvalue weighted by molar-refractivity contribution is 0.402. The number of hydrogen-bond donors (Lipinski definition) is 0. The first kappa shape index (κ1) is 23.7. The first-order valence-electron chi connectivity index (χ1n) is 13.1. The van der Waals surface area contributed by atoms with Gasteiger partial charge in [0.25, 0.3) is 5.56 Å². The van der Waals surface area contributed by atoms with Crippen LogP contribution in [0.25, 0.3) is 22.7 Å². The summed E-state index contributed by atoms with van der Waals surface area (Å²) in [6.07, 6.45) is 7.77. The molecule has 0 saturated carbocycles. The maximum atomic E-state index is 14.2. The molecule has 39 heavy (non-hydrogen) atoms. The third kappa shape index (κ3) is 3.74. The molecule has 1 atom stereocenters. The van der Waals surface area contributed by atoms with Gasteiger partial charge in [-0.1, -0.05) is 78.1 Å². The fraction of sp³-hybridized carbons (Fsp3) is 0.152. The highest BCUT2D eigenvalue weighted by Crippen LogP contribution is 2.43. The van der Waals surface area contributed by atoms with E-state index < -0.39 is 0 Å². The number of para-hydroxylation sites is 2. The summed E-state index contributed by atoms with van der Waals surface area (Å²) >= 11 is 1.45. The molecular weight excluding hydrogens is 502 g/mol. The maximum absolute atomic E-state index is 14.2. The lowest BCUT2D eigenvalue weighted by atomic mass is 9.83. The van der Waals surface area contributed by atoms with Crippen molar-refractivity contribution in [3.63, 3.8) is 0 Å². The van der Waals surface area contributed by atoms with E-state index in [0.717, 1.165) is 51.9 Å². The number of fused-ring (bicyclic) bond motifs is 4. The zero-order valence-electron chi connectivity index (χ0n) is 21.6. The predicted molar refractivity (Wildman–Crippen MR) is 158 cm³/mol. The Labute approximate surface area is 230 Å². The number of benzene rings is 3. The van der Waals surface area contributed by atoms with Crippen molar-refractivity contribution >= 4 is 34.0 Å². The number of aromatic nitrogens is 2. The van der Waals surface area contributed by atoms with Crippen LogP contribution in [0.15, 0.2) is 107 Å². The summed E-state index contributed by atoms with van der Waals surface area (Å²) in [5.41, 5.74) is 7.70. The van der Waals surface area contributed by atoms with Crippen LogP contribution < -0.4 is 19.6 Å². The Balaban J connectivity index is 1.50. The molecule has 0 fully saturated rings. The van der Waals surface area contributed by atoms with Gasteiger partial charge < -0.3 is 9.30 Å². The van der Waals surface area contributed by atoms with Crippen molar-refractivity contribution in [2.45, 2.75) is 25.4 Å². The Morgan fingerprint density at radius 2 is 1.85 bits per heavy atom. The van der Waals surface area contributed by atoms with E-state index in [1.165, 1.54) is 22.5 Å². The van der Waals surface area contributed by atoms with Gasteiger partial charge in [-0.2, -0.15) is 0 Å². The number of methoxy groups -OCH3 is 1. The average Bonchev–Trinajstić information content (AvgIpc) is 3.48. The Morgan fingerprint density at radius 3 is 2.72 bits per heavy atom. The molecule has 0 N–H and O–H groups in total. The van der Waals surface area contributed by atoms with Gasteiger partial charge in [0.05, 0.1) is 23.4 Å². The van der Waals surface area contributed by atoms with Gasteiger partial charge in [0.1, 0.15) is 5.75 Å². The molecule has 1 aliphatic heterocycles. The number of nitrogens with zero attached hydrogens (tertiary/aromatic N) is 3. The summed E-state index contributed by atoms with van der Waals surface area (Å²) in [4.78, 5) is 20.0. The van der Waals surface area contributed by atoms with E-state index in [-0.39, 0.29) is 11.6 Å². The van der Waals surface area contributed by atoms with Crippen LogP contribution in [0.1, 0.15) is 34.7 Å². The van der Waals surface area contributed by atoms with Crippen molar-refractivity contribution in [3.05, 3.63) is 139 Å². The standard InChI is InChI=1S/C33H27N3O2S/c1-3-18-35-20-22(23-11-6-8-14-27(23)35)19-29-32(37)36-31(25-13-7-9-15-28(25)38-2)26-17-16-21-10-4-5-12-24(21)30(26)34-33(36)39-29/h3-15,19-20,31H,1,16-18H2,2H3/b29-19+/t31-/m1/s1. The molecular formula is C33H27N3O2S. The highest BCUT2D eigenvalue weighted by Gasteiger charge is 2.34. The normalized spacial score (nSPS) is 16.4. The van der Waals surface area contributed by atoms with Crippen molar-refractivity contribution in [3.8, 4) is 5.75 Å². The van der Waals surface area contributed by atoms with E-state index in [1.54, 1.807) is 7.11 Å². The molecule has 5 aromatic rings. The van der Waals surface area contributed by atoms with Crippen molar-refractivity contribution in [1.29, 1.82) is 0 Å². The summed E-state index contributed by atoms with van der Waals surface area (Å²) in [7, 11) is 1.69. The van der Waals surface area contributed by atoms with Crippen molar-refractivity contribution in [1.82, 2.24) is 9.13 Å². The molecule has 2 aromatic heterocycles. The van der Waals surface area contributed by atoms with Crippen LogP contribution in [0.3, 0.4) is 0 Å². The molecule has 7 rings (SSSR count). The van der Waals surface area contributed by atoms with Crippen LogP contribution >= 0.6 is 11.3 Å². The minimum absolute atomic E-state index is 0.0272. The highest BCUT2D eigenvalue weighted by atomic mass is 32.1. The van der Waals surface area contributed by atoms with Gasteiger partial charge in [-0.3, -0.25) is 9.36 Å². The fourth-order valence-corrected chi connectivity index (χ4v) is 7.00. The molecule has 0 amide bonds. The summed E-state index contributed by atoms with van der Waals surface area (Å²) in [6, 6.07) is 24.5. The second-order valence-corrected chi connectivity index (χ2v) is 10.9. The Kier molecular flexibility index (Phi) is 5.71. The average molecular weight is 530 g/mol. The number of ether oxygens (including phenoxy) is 1. The lowest BCUT2D eigenvalue weighted by Gasteiger charge is -2.31. The third-order valence-corrected chi connectivity index (χ3v) is 8.72.